The molecule has 0 aliphatic carbocycles. The molecule has 33 heavy (non-hydrogen) atoms. The van der Waals surface area contributed by atoms with Gasteiger partial charge in [-0.15, -0.1) is 0 Å². The van der Waals surface area contributed by atoms with Crippen molar-refractivity contribution >= 4 is 21.7 Å². The monoisotopic (exact) mass is 445 g/mol. The quantitative estimate of drug-likeness (QED) is 0.286. The second-order valence-corrected chi connectivity index (χ2v) is 11.3. The summed E-state index contributed by atoms with van der Waals surface area (Å²) < 4.78 is 0. The molecule has 1 aliphatic rings. The predicted molar refractivity (Wildman–Crippen MR) is 137 cm³/mol. The molecule has 1 N–H and O–H groups in total. The number of hydrogen-bond acceptors (Lipinski definition) is 3. The lowest BCUT2D eigenvalue weighted by atomic mass is 10.0. The summed E-state index contributed by atoms with van der Waals surface area (Å²) in [7, 11) is -1.61. The predicted octanol–water partition coefficient (Wildman–Crippen LogP) is 7.78. The van der Waals surface area contributed by atoms with E-state index >= 15 is 0 Å². The van der Waals surface area contributed by atoms with Gasteiger partial charge in [-0.3, -0.25) is 0 Å². The van der Waals surface area contributed by atoms with Crippen LogP contribution in [0.2, 0.25) is 0 Å². The van der Waals surface area contributed by atoms with Crippen molar-refractivity contribution < 1.29 is 0 Å². The number of hydrogen-bond donors (Lipinski definition) is 1. The van der Waals surface area contributed by atoms with Gasteiger partial charge in [-0.1, -0.05) is 54.6 Å². The molecule has 6 rings (SSSR count). The first-order valence-corrected chi connectivity index (χ1v) is 13.0. The third kappa shape index (κ3) is 3.14. The van der Waals surface area contributed by atoms with Gasteiger partial charge in [0, 0.05) is 33.3 Å². The number of pyridine rings is 2. The Hall–Kier alpha value is -3.89. The maximum Gasteiger partial charge on any atom is 0.139 e. The van der Waals surface area contributed by atoms with Crippen LogP contribution >= 0.6 is 10.0 Å². The number of rotatable bonds is 1. The summed E-state index contributed by atoms with van der Waals surface area (Å²) in [4.78, 5) is 13.4. The molecule has 0 bridgehead atoms. The summed E-state index contributed by atoms with van der Waals surface area (Å²) in [6.45, 7) is 0. The molecule has 5 aromatic rings. The minimum atomic E-state index is -1.61. The van der Waals surface area contributed by atoms with E-state index in [-0.39, 0.29) is 0 Å². The smallest absolute Gasteiger partial charge is 0.139 e. The van der Waals surface area contributed by atoms with E-state index in [4.69, 9.17) is 9.97 Å². The molecule has 0 saturated carbocycles. The van der Waals surface area contributed by atoms with Crippen molar-refractivity contribution in [2.24, 2.45) is 0 Å². The highest BCUT2D eigenvalue weighted by Crippen LogP contribution is 2.69. The van der Waals surface area contributed by atoms with Crippen molar-refractivity contribution in [2.75, 3.05) is 11.6 Å². The molecule has 0 atom stereocenters. The Morgan fingerprint density at radius 1 is 0.515 bits per heavy atom. The van der Waals surface area contributed by atoms with Crippen LogP contribution < -0.4 is 5.32 Å². The van der Waals surface area contributed by atoms with Crippen LogP contribution in [-0.2, 0) is 0 Å². The Morgan fingerprint density at radius 2 is 0.970 bits per heavy atom. The molecule has 2 aromatic heterocycles. The number of fused-ring (bicyclic) bond motifs is 6. The molecule has 1 aliphatic heterocycles. The van der Waals surface area contributed by atoms with Gasteiger partial charge in [0.05, 0.1) is 0 Å². The molecular weight excluding hydrogens is 422 g/mol. The van der Waals surface area contributed by atoms with Gasteiger partial charge in [0.25, 0.3) is 0 Å². The fourth-order valence-electron chi connectivity index (χ4n) is 4.71. The summed E-state index contributed by atoms with van der Waals surface area (Å²) in [5, 5.41) is 3.55. The standard InChI is InChI=1S/C29H23N3S/c1-33(21-11-3-2-4-12-21)26-17-7-5-13-22(26)24-15-9-19-30-28(24)32-29-25(16-10-20-31-29)23-14-6-8-18-27(23)33/h2-20H,1H3,(H,30,31,32). The van der Waals surface area contributed by atoms with Gasteiger partial charge in [-0.25, -0.2) is 9.97 Å². The minimum absolute atomic E-state index is 0.819. The van der Waals surface area contributed by atoms with Crippen LogP contribution in [0.1, 0.15) is 0 Å². The minimum Gasteiger partial charge on any atom is -0.324 e. The van der Waals surface area contributed by atoms with Crippen LogP contribution in [0.5, 0.6) is 0 Å². The number of aromatic nitrogens is 2. The topological polar surface area (TPSA) is 37.8 Å². The number of benzene rings is 3. The maximum absolute atomic E-state index is 4.73. The molecular formula is C29H23N3S. The molecule has 3 aromatic carbocycles. The highest BCUT2D eigenvalue weighted by atomic mass is 32.3. The molecule has 160 valence electrons. The molecule has 0 spiro atoms. The van der Waals surface area contributed by atoms with Gasteiger partial charge < -0.3 is 5.32 Å². The van der Waals surface area contributed by atoms with Gasteiger partial charge in [0.2, 0.25) is 0 Å². The van der Waals surface area contributed by atoms with Crippen LogP contribution in [0.15, 0.2) is 130 Å². The van der Waals surface area contributed by atoms with E-state index < -0.39 is 10.0 Å². The van der Waals surface area contributed by atoms with Crippen molar-refractivity contribution in [3.8, 4) is 22.3 Å². The normalized spacial score (nSPS) is 14.5. The Kier molecular flexibility index (Phi) is 4.74. The van der Waals surface area contributed by atoms with Crippen molar-refractivity contribution in [1.29, 1.82) is 0 Å². The fourth-order valence-corrected chi connectivity index (χ4v) is 8.10. The first-order chi connectivity index (χ1) is 16.3. The van der Waals surface area contributed by atoms with E-state index in [9.17, 15) is 0 Å². The van der Waals surface area contributed by atoms with Crippen molar-refractivity contribution in [3.63, 3.8) is 0 Å². The Morgan fingerprint density at radius 3 is 1.52 bits per heavy atom. The molecule has 0 fully saturated rings. The van der Waals surface area contributed by atoms with E-state index in [0.29, 0.717) is 0 Å². The number of anilines is 2. The number of nitrogens with zero attached hydrogens (tertiary/aromatic N) is 2. The molecule has 0 saturated heterocycles. The van der Waals surface area contributed by atoms with Crippen LogP contribution in [0.3, 0.4) is 0 Å². The van der Waals surface area contributed by atoms with E-state index in [1.165, 1.54) is 25.8 Å². The lowest BCUT2D eigenvalue weighted by Crippen LogP contribution is -2.08. The molecule has 0 radical (unpaired) electrons. The summed E-state index contributed by atoms with van der Waals surface area (Å²) in [6, 6.07) is 36.8. The van der Waals surface area contributed by atoms with Gasteiger partial charge in [-0.2, -0.15) is 10.0 Å². The third-order valence-corrected chi connectivity index (χ3v) is 9.99. The summed E-state index contributed by atoms with van der Waals surface area (Å²) in [5.74, 6) is 1.64. The Balaban J connectivity index is 1.80. The first kappa shape index (κ1) is 19.8. The van der Waals surface area contributed by atoms with Crippen molar-refractivity contribution in [3.05, 3.63) is 116 Å². The molecule has 4 heteroatoms. The third-order valence-electron chi connectivity index (χ3n) is 6.30. The molecule has 0 amide bonds. The van der Waals surface area contributed by atoms with Crippen LogP contribution in [0.25, 0.3) is 22.3 Å². The second-order valence-electron chi connectivity index (χ2n) is 8.15. The van der Waals surface area contributed by atoms with Crippen LogP contribution in [0, 0.1) is 0 Å². The van der Waals surface area contributed by atoms with E-state index in [1.54, 1.807) is 0 Å². The molecule has 3 heterocycles. The zero-order valence-corrected chi connectivity index (χ0v) is 19.1. The van der Waals surface area contributed by atoms with Gasteiger partial charge in [-0.05, 0) is 70.8 Å². The van der Waals surface area contributed by atoms with E-state index in [0.717, 1.165) is 22.8 Å². The zero-order valence-electron chi connectivity index (χ0n) is 18.3. The van der Waals surface area contributed by atoms with Crippen molar-refractivity contribution in [2.45, 2.75) is 14.7 Å². The first-order valence-electron chi connectivity index (χ1n) is 11.0. The SMILES string of the molecule is CS1(c2ccccc2)c2ccccc2-c2cccnc2Nc2ncccc2-c2ccccc21. The highest BCUT2D eigenvalue weighted by Gasteiger charge is 2.32. The van der Waals surface area contributed by atoms with Crippen molar-refractivity contribution in [1.82, 2.24) is 9.97 Å². The largest absolute Gasteiger partial charge is 0.324 e. The fraction of sp³-hybridized carbons (Fsp3) is 0.0345. The summed E-state index contributed by atoms with van der Waals surface area (Å²) in [5.41, 5.74) is 4.56. The van der Waals surface area contributed by atoms with Crippen LogP contribution in [-0.4, -0.2) is 16.2 Å². The van der Waals surface area contributed by atoms with Crippen LogP contribution in [0.4, 0.5) is 11.6 Å². The average molecular weight is 446 g/mol. The number of nitrogens with one attached hydrogen (secondary N) is 1. The lowest BCUT2D eigenvalue weighted by molar-refractivity contribution is 1.23. The summed E-state index contributed by atoms with van der Waals surface area (Å²) >= 11 is 0. The van der Waals surface area contributed by atoms with E-state index in [1.807, 2.05) is 24.5 Å². The second kappa shape index (κ2) is 7.91. The summed E-state index contributed by atoms with van der Waals surface area (Å²) in [6.07, 6.45) is 6.08. The van der Waals surface area contributed by atoms with E-state index in [2.05, 4.69) is 103 Å². The molecule has 0 unspecified atom stereocenters. The molecule has 3 nitrogen and oxygen atoms in total. The highest BCUT2D eigenvalue weighted by molar-refractivity contribution is 8.33. The van der Waals surface area contributed by atoms with Gasteiger partial charge >= 0.3 is 0 Å². The zero-order chi connectivity index (χ0) is 22.3. The van der Waals surface area contributed by atoms with Gasteiger partial charge in [0.1, 0.15) is 11.6 Å². The average Bonchev–Trinajstić information content (AvgIpc) is 2.89. The van der Waals surface area contributed by atoms with Gasteiger partial charge in [0.15, 0.2) is 0 Å². The Labute approximate surface area is 195 Å². The lowest BCUT2D eigenvalue weighted by Gasteiger charge is -2.41. The Bertz CT molecular complexity index is 1370. The maximum atomic E-state index is 4.73.